The Kier molecular flexibility index (Phi) is 6.70. The van der Waals surface area contributed by atoms with Crippen LogP contribution in [0.3, 0.4) is 0 Å². The molecule has 2 heterocycles. The number of carbonyl (C=O) groups excluding carboxylic acids is 1. The van der Waals surface area contributed by atoms with Crippen LogP contribution in [0.15, 0.2) is 53.9 Å². The molecule has 0 aliphatic rings. The van der Waals surface area contributed by atoms with E-state index in [0.717, 1.165) is 24.4 Å². The number of nitrogens with zero attached hydrogens (tertiary/aromatic N) is 4. The second-order valence-corrected chi connectivity index (χ2v) is 7.21. The smallest absolute Gasteiger partial charge is 0.234 e. The van der Waals surface area contributed by atoms with E-state index in [9.17, 15) is 4.79 Å². The number of anilines is 1. The molecule has 27 heavy (non-hydrogen) atoms. The summed E-state index contributed by atoms with van der Waals surface area (Å²) in [5.74, 6) is 1.08. The molecule has 1 aromatic carbocycles. The first kappa shape index (κ1) is 19.2. The molecule has 7 heteroatoms. The molecular weight excluding hydrogens is 358 g/mol. The molecule has 1 amide bonds. The fraction of sp³-hybridized carbons (Fsp3) is 0.350. The molecule has 6 nitrogen and oxygen atoms in total. The van der Waals surface area contributed by atoms with Crippen molar-refractivity contribution < 1.29 is 4.79 Å². The highest BCUT2D eigenvalue weighted by Crippen LogP contribution is 2.19. The first-order valence-corrected chi connectivity index (χ1v) is 10.3. The Morgan fingerprint density at radius 3 is 2.52 bits per heavy atom. The zero-order valence-corrected chi connectivity index (χ0v) is 16.6. The summed E-state index contributed by atoms with van der Waals surface area (Å²) in [5, 5.41) is 12.1. The van der Waals surface area contributed by atoms with Crippen LogP contribution in [0.4, 0.5) is 5.69 Å². The molecule has 0 fully saturated rings. The highest BCUT2D eigenvalue weighted by molar-refractivity contribution is 7.99. The molecular formula is C20H25N5OS. The van der Waals surface area contributed by atoms with Crippen molar-refractivity contribution in [2.24, 2.45) is 0 Å². The molecule has 0 bridgehead atoms. The van der Waals surface area contributed by atoms with Gasteiger partial charge in [0.2, 0.25) is 11.1 Å². The van der Waals surface area contributed by atoms with Crippen molar-refractivity contribution in [3.8, 4) is 0 Å². The predicted octanol–water partition coefficient (Wildman–Crippen LogP) is 4.03. The largest absolute Gasteiger partial charge is 0.325 e. The minimum Gasteiger partial charge on any atom is -0.325 e. The van der Waals surface area contributed by atoms with Gasteiger partial charge in [-0.1, -0.05) is 44.2 Å². The van der Waals surface area contributed by atoms with Crippen LogP contribution in [-0.2, 0) is 17.6 Å². The van der Waals surface area contributed by atoms with Gasteiger partial charge >= 0.3 is 0 Å². The number of unbranched alkanes of at least 4 members (excludes halogenated alkanes) is 1. The number of hydrogen-bond donors (Lipinski definition) is 1. The Morgan fingerprint density at radius 1 is 1.11 bits per heavy atom. The Hall–Kier alpha value is -2.54. The van der Waals surface area contributed by atoms with E-state index >= 15 is 0 Å². The second kappa shape index (κ2) is 9.41. The van der Waals surface area contributed by atoms with Gasteiger partial charge in [0.25, 0.3) is 0 Å². The quantitative estimate of drug-likeness (QED) is 0.567. The van der Waals surface area contributed by atoms with Crippen molar-refractivity contribution in [3.63, 3.8) is 0 Å². The summed E-state index contributed by atoms with van der Waals surface area (Å²) >= 11 is 1.38. The lowest BCUT2D eigenvalue weighted by atomic mass is 10.1. The SMILES string of the molecule is CCCCc1ccc(NC(=O)CSc2nnc(CC)n2-n2cccc2)cc1. The number of amides is 1. The lowest BCUT2D eigenvalue weighted by Crippen LogP contribution is -2.16. The third-order valence-corrected chi connectivity index (χ3v) is 5.12. The third-order valence-electron chi connectivity index (χ3n) is 4.20. The number of thioether (sulfide) groups is 1. The highest BCUT2D eigenvalue weighted by atomic mass is 32.2. The van der Waals surface area contributed by atoms with E-state index in [1.807, 2.05) is 52.9 Å². The molecule has 0 radical (unpaired) electrons. The molecule has 1 N–H and O–H groups in total. The minimum atomic E-state index is -0.0542. The average Bonchev–Trinajstić information content (AvgIpc) is 3.34. The number of aryl methyl sites for hydroxylation is 2. The first-order valence-electron chi connectivity index (χ1n) is 9.30. The molecule has 0 aliphatic carbocycles. The summed E-state index contributed by atoms with van der Waals surface area (Å²) in [6.45, 7) is 4.22. The fourth-order valence-corrected chi connectivity index (χ4v) is 3.51. The van der Waals surface area contributed by atoms with E-state index < -0.39 is 0 Å². The van der Waals surface area contributed by atoms with E-state index in [-0.39, 0.29) is 11.7 Å². The Labute approximate surface area is 164 Å². The molecule has 0 saturated heterocycles. The zero-order chi connectivity index (χ0) is 19.1. The number of aromatic nitrogens is 4. The van der Waals surface area contributed by atoms with Crippen LogP contribution in [0.1, 0.15) is 38.1 Å². The number of benzene rings is 1. The summed E-state index contributed by atoms with van der Waals surface area (Å²) < 4.78 is 3.86. The predicted molar refractivity (Wildman–Crippen MR) is 109 cm³/mol. The highest BCUT2D eigenvalue weighted by Gasteiger charge is 2.14. The normalized spacial score (nSPS) is 10.9. The Balaban J connectivity index is 1.59. The van der Waals surface area contributed by atoms with Crippen molar-refractivity contribution in [1.82, 2.24) is 19.5 Å². The topological polar surface area (TPSA) is 64.7 Å². The number of carbonyl (C=O) groups is 1. The first-order chi connectivity index (χ1) is 13.2. The van der Waals surface area contributed by atoms with Gasteiger partial charge in [-0.15, -0.1) is 10.2 Å². The van der Waals surface area contributed by atoms with Crippen LogP contribution in [-0.4, -0.2) is 31.2 Å². The standard InChI is InChI=1S/C20H25N5OS/c1-3-5-8-16-9-11-17(12-10-16)21-19(26)15-27-20-23-22-18(4-2)25(20)24-13-6-7-14-24/h6-7,9-14H,3-5,8,15H2,1-2H3,(H,21,26). The summed E-state index contributed by atoms with van der Waals surface area (Å²) in [7, 11) is 0. The zero-order valence-electron chi connectivity index (χ0n) is 15.8. The number of rotatable bonds is 9. The maximum absolute atomic E-state index is 12.3. The molecule has 142 valence electrons. The molecule has 0 atom stereocenters. The third kappa shape index (κ3) is 5.01. The van der Waals surface area contributed by atoms with Gasteiger partial charge in [-0.25, -0.2) is 4.68 Å². The van der Waals surface area contributed by atoms with Gasteiger partial charge in [-0.2, -0.15) is 0 Å². The Morgan fingerprint density at radius 2 is 1.85 bits per heavy atom. The van der Waals surface area contributed by atoms with E-state index in [1.165, 1.54) is 30.2 Å². The average molecular weight is 384 g/mol. The van der Waals surface area contributed by atoms with Gasteiger partial charge in [0.1, 0.15) is 0 Å². The molecule has 0 aliphatic heterocycles. The lowest BCUT2D eigenvalue weighted by molar-refractivity contribution is -0.113. The summed E-state index contributed by atoms with van der Waals surface area (Å²) in [6.07, 6.45) is 8.09. The van der Waals surface area contributed by atoms with E-state index in [1.54, 1.807) is 0 Å². The van der Waals surface area contributed by atoms with Crippen molar-refractivity contribution >= 4 is 23.4 Å². The summed E-state index contributed by atoms with van der Waals surface area (Å²) in [4.78, 5) is 12.3. The van der Waals surface area contributed by atoms with Gasteiger partial charge in [0, 0.05) is 24.5 Å². The van der Waals surface area contributed by atoms with Gasteiger partial charge in [-0.05, 0) is 42.7 Å². The van der Waals surface area contributed by atoms with E-state index in [2.05, 4.69) is 34.6 Å². The molecule has 3 aromatic rings. The number of nitrogens with one attached hydrogen (secondary N) is 1. The van der Waals surface area contributed by atoms with Crippen molar-refractivity contribution in [2.45, 2.75) is 44.7 Å². The molecule has 2 aromatic heterocycles. The van der Waals surface area contributed by atoms with Crippen LogP contribution in [0, 0.1) is 0 Å². The van der Waals surface area contributed by atoms with Gasteiger partial charge in [0.15, 0.2) is 5.82 Å². The molecule has 0 spiro atoms. The van der Waals surface area contributed by atoms with Gasteiger partial charge in [-0.3, -0.25) is 9.47 Å². The molecule has 0 unspecified atom stereocenters. The van der Waals surface area contributed by atoms with Crippen molar-refractivity contribution in [1.29, 1.82) is 0 Å². The van der Waals surface area contributed by atoms with Crippen molar-refractivity contribution in [2.75, 3.05) is 11.1 Å². The van der Waals surface area contributed by atoms with Crippen LogP contribution in [0.25, 0.3) is 0 Å². The molecule has 3 rings (SSSR count). The summed E-state index contributed by atoms with van der Waals surface area (Å²) in [5.41, 5.74) is 2.12. The maximum atomic E-state index is 12.3. The van der Waals surface area contributed by atoms with Gasteiger partial charge < -0.3 is 5.32 Å². The van der Waals surface area contributed by atoms with Crippen LogP contribution >= 0.6 is 11.8 Å². The lowest BCUT2D eigenvalue weighted by Gasteiger charge is -2.10. The Bertz CT molecular complexity index is 855. The van der Waals surface area contributed by atoms with E-state index in [4.69, 9.17) is 0 Å². The van der Waals surface area contributed by atoms with Gasteiger partial charge in [0.05, 0.1) is 5.75 Å². The minimum absolute atomic E-state index is 0.0542. The number of hydrogen-bond acceptors (Lipinski definition) is 4. The van der Waals surface area contributed by atoms with Crippen LogP contribution in [0.5, 0.6) is 0 Å². The maximum Gasteiger partial charge on any atom is 0.234 e. The monoisotopic (exact) mass is 383 g/mol. The summed E-state index contributed by atoms with van der Waals surface area (Å²) in [6, 6.07) is 12.0. The fourth-order valence-electron chi connectivity index (χ4n) is 2.76. The van der Waals surface area contributed by atoms with Crippen LogP contribution in [0.2, 0.25) is 0 Å². The molecule has 0 saturated carbocycles. The van der Waals surface area contributed by atoms with E-state index in [0.29, 0.717) is 5.16 Å². The second-order valence-electron chi connectivity index (χ2n) is 6.26. The van der Waals surface area contributed by atoms with Crippen LogP contribution < -0.4 is 5.32 Å². The van der Waals surface area contributed by atoms with Crippen molar-refractivity contribution in [3.05, 3.63) is 60.2 Å².